The Labute approximate surface area is 225 Å². The number of hydrogen-bond acceptors (Lipinski definition) is 8. The first kappa shape index (κ1) is 25.7. The number of aliphatic hydroxyl groups excluding tert-OH is 1. The summed E-state index contributed by atoms with van der Waals surface area (Å²) >= 11 is 6.51. The molecule has 1 saturated heterocycles. The Hall–Kier alpha value is -3.95. The van der Waals surface area contributed by atoms with Crippen molar-refractivity contribution in [3.05, 3.63) is 77.8 Å². The molecule has 0 bridgehead atoms. The minimum absolute atomic E-state index is 0.122. The summed E-state index contributed by atoms with van der Waals surface area (Å²) in [7, 11) is 0. The van der Waals surface area contributed by atoms with Crippen LogP contribution in [0.3, 0.4) is 0 Å². The van der Waals surface area contributed by atoms with E-state index in [-0.39, 0.29) is 18.1 Å². The fourth-order valence-corrected chi connectivity index (χ4v) is 4.93. The number of hydrogen-bond donors (Lipinski definition) is 2. The van der Waals surface area contributed by atoms with Crippen molar-refractivity contribution in [3.8, 4) is 11.5 Å². The van der Waals surface area contributed by atoms with Crippen molar-refractivity contribution in [1.82, 2.24) is 19.9 Å². The zero-order valence-corrected chi connectivity index (χ0v) is 21.6. The first-order chi connectivity index (χ1) is 18.5. The van der Waals surface area contributed by atoms with Crippen LogP contribution in [0, 0.1) is 0 Å². The predicted molar refractivity (Wildman–Crippen MR) is 145 cm³/mol. The molecule has 5 rings (SSSR count). The average Bonchev–Trinajstić information content (AvgIpc) is 3.43. The second kappa shape index (κ2) is 11.6. The molecule has 0 saturated carbocycles. The van der Waals surface area contributed by atoms with Crippen molar-refractivity contribution in [2.24, 2.45) is 0 Å². The van der Waals surface area contributed by atoms with Gasteiger partial charge in [0.05, 0.1) is 27.7 Å². The fraction of sp³-hybridized carbons (Fsp3) is 0.286. The number of aliphatic hydroxyl groups is 1. The molecule has 38 heavy (non-hydrogen) atoms. The van der Waals surface area contributed by atoms with Gasteiger partial charge in [-0.15, -0.1) is 0 Å². The summed E-state index contributed by atoms with van der Waals surface area (Å²) < 4.78 is 12.2. The molecule has 3 heterocycles. The Bertz CT molecular complexity index is 1420. The highest BCUT2D eigenvalue weighted by molar-refractivity contribution is 6.32. The van der Waals surface area contributed by atoms with Gasteiger partial charge in [0.1, 0.15) is 43.0 Å². The molecular formula is C28H28ClN5O4. The van der Waals surface area contributed by atoms with Crippen molar-refractivity contribution in [3.63, 3.8) is 0 Å². The molecule has 196 valence electrons. The largest absolute Gasteiger partial charge is 0.488 e. The lowest BCUT2D eigenvalue weighted by molar-refractivity contribution is -0.136. The molecule has 2 N–H and O–H groups in total. The van der Waals surface area contributed by atoms with Gasteiger partial charge in [0.25, 0.3) is 0 Å². The summed E-state index contributed by atoms with van der Waals surface area (Å²) in [6.07, 6.45) is 4.60. The van der Waals surface area contributed by atoms with E-state index in [0.29, 0.717) is 46.4 Å². The molecule has 10 heteroatoms. The number of amides is 1. The Kier molecular flexibility index (Phi) is 7.86. The van der Waals surface area contributed by atoms with Crippen LogP contribution in [0.15, 0.2) is 67.1 Å². The molecule has 1 fully saturated rings. The van der Waals surface area contributed by atoms with Crippen LogP contribution in [0.4, 0.5) is 11.5 Å². The van der Waals surface area contributed by atoms with Crippen LogP contribution in [0.1, 0.15) is 25.5 Å². The molecular weight excluding hydrogens is 506 g/mol. The summed E-state index contributed by atoms with van der Waals surface area (Å²) in [5.41, 5.74) is 2.24. The zero-order valence-electron chi connectivity index (χ0n) is 20.9. The van der Waals surface area contributed by atoms with E-state index in [9.17, 15) is 9.90 Å². The third kappa shape index (κ3) is 5.64. The maximum absolute atomic E-state index is 12.2. The smallest absolute Gasteiger partial charge is 0.248 e. The molecule has 1 amide bonds. The van der Waals surface area contributed by atoms with Crippen LogP contribution in [-0.2, 0) is 11.4 Å². The van der Waals surface area contributed by atoms with Gasteiger partial charge < -0.3 is 24.8 Å². The third-order valence-electron chi connectivity index (χ3n) is 6.53. The van der Waals surface area contributed by atoms with Crippen molar-refractivity contribution >= 4 is 39.9 Å². The van der Waals surface area contributed by atoms with Crippen LogP contribution in [0.2, 0.25) is 5.02 Å². The highest BCUT2D eigenvalue weighted by Crippen LogP contribution is 2.35. The number of carbonyl (C=O) groups is 1. The second-order valence-electron chi connectivity index (χ2n) is 9.03. The number of rotatable bonds is 9. The van der Waals surface area contributed by atoms with E-state index >= 15 is 0 Å². The van der Waals surface area contributed by atoms with E-state index in [1.165, 1.54) is 6.33 Å². The number of halogens is 1. The molecule has 2 aromatic carbocycles. The van der Waals surface area contributed by atoms with Gasteiger partial charge in [-0.2, -0.15) is 0 Å². The minimum Gasteiger partial charge on any atom is -0.488 e. The number of likely N-dealkylation sites (tertiary alicyclic amines) is 1. The number of pyridine rings is 1. The molecule has 9 nitrogen and oxygen atoms in total. The molecule has 4 aromatic rings. The lowest BCUT2D eigenvalue weighted by Crippen LogP contribution is -2.45. The summed E-state index contributed by atoms with van der Waals surface area (Å²) in [6, 6.07) is 16.6. The monoisotopic (exact) mass is 533 g/mol. The van der Waals surface area contributed by atoms with E-state index in [1.54, 1.807) is 23.2 Å². The quantitative estimate of drug-likeness (QED) is 0.317. The summed E-state index contributed by atoms with van der Waals surface area (Å²) in [4.78, 5) is 27.0. The van der Waals surface area contributed by atoms with Crippen molar-refractivity contribution < 1.29 is 19.4 Å². The Morgan fingerprint density at radius 3 is 2.84 bits per heavy atom. The molecule has 0 aliphatic carbocycles. The van der Waals surface area contributed by atoms with E-state index < -0.39 is 6.61 Å². The minimum atomic E-state index is -0.505. The van der Waals surface area contributed by atoms with E-state index in [4.69, 9.17) is 21.1 Å². The maximum Gasteiger partial charge on any atom is 0.248 e. The molecule has 1 unspecified atom stereocenters. The number of nitrogens with zero attached hydrogens (tertiary/aromatic N) is 4. The van der Waals surface area contributed by atoms with Crippen LogP contribution in [0.5, 0.6) is 11.5 Å². The SMILES string of the molecule is C[C@@H](Oc1cccc2ncnc(Nc3ccc(OCc4ccccn4)c(Cl)c3)c12)C1CCCN1C(=O)CO. The third-order valence-corrected chi connectivity index (χ3v) is 6.83. The molecule has 2 aromatic heterocycles. The van der Waals surface area contributed by atoms with Crippen LogP contribution >= 0.6 is 11.6 Å². The van der Waals surface area contributed by atoms with Crippen molar-refractivity contribution in [1.29, 1.82) is 0 Å². The number of nitrogens with one attached hydrogen (secondary N) is 1. The van der Waals surface area contributed by atoms with Crippen LogP contribution < -0.4 is 14.8 Å². The summed E-state index contributed by atoms with van der Waals surface area (Å²) in [5.74, 6) is 1.43. The van der Waals surface area contributed by atoms with Gasteiger partial charge in [0, 0.05) is 18.4 Å². The van der Waals surface area contributed by atoms with Gasteiger partial charge in [-0.05, 0) is 62.2 Å². The molecule has 2 atom stereocenters. The molecule has 1 aliphatic heterocycles. The predicted octanol–water partition coefficient (Wildman–Crippen LogP) is 4.75. The Morgan fingerprint density at radius 1 is 1.16 bits per heavy atom. The lowest BCUT2D eigenvalue weighted by Gasteiger charge is -2.30. The van der Waals surface area contributed by atoms with Crippen LogP contribution in [0.25, 0.3) is 10.9 Å². The number of aromatic nitrogens is 3. The first-order valence-electron chi connectivity index (χ1n) is 12.4. The van der Waals surface area contributed by atoms with Crippen molar-refractivity contribution in [2.45, 2.75) is 38.5 Å². The van der Waals surface area contributed by atoms with Gasteiger partial charge in [-0.3, -0.25) is 9.78 Å². The number of fused-ring (bicyclic) bond motifs is 1. The number of benzene rings is 2. The normalized spacial score (nSPS) is 15.9. The topological polar surface area (TPSA) is 110 Å². The van der Waals surface area contributed by atoms with E-state index in [0.717, 1.165) is 24.2 Å². The van der Waals surface area contributed by atoms with Gasteiger partial charge in [-0.25, -0.2) is 9.97 Å². The number of carbonyl (C=O) groups excluding carboxylic acids is 1. The standard InChI is InChI=1S/C28H28ClN5O4/c1-18(23-8-5-13-34(23)26(36)15-35)38-25-9-4-7-22-27(25)28(32-17-31-22)33-19-10-11-24(21(29)14-19)37-16-20-6-2-3-12-30-20/h2-4,6-7,9-12,14,17-18,23,35H,5,8,13,15-16H2,1H3,(H,31,32,33)/t18-,23?/m1/s1. The summed E-state index contributed by atoms with van der Waals surface area (Å²) in [5, 5.41) is 13.8. The van der Waals surface area contributed by atoms with E-state index in [2.05, 4.69) is 20.3 Å². The number of anilines is 2. The molecule has 1 aliphatic rings. The van der Waals surface area contributed by atoms with Crippen LogP contribution in [-0.4, -0.2) is 56.2 Å². The summed E-state index contributed by atoms with van der Waals surface area (Å²) in [6.45, 7) is 2.36. The number of ether oxygens (including phenoxy) is 2. The highest BCUT2D eigenvalue weighted by Gasteiger charge is 2.33. The fourth-order valence-electron chi connectivity index (χ4n) is 4.70. The zero-order chi connectivity index (χ0) is 26.5. The maximum atomic E-state index is 12.2. The lowest BCUT2D eigenvalue weighted by atomic mass is 10.1. The second-order valence-corrected chi connectivity index (χ2v) is 9.44. The molecule has 0 spiro atoms. The highest BCUT2D eigenvalue weighted by atomic mass is 35.5. The first-order valence-corrected chi connectivity index (χ1v) is 12.8. The van der Waals surface area contributed by atoms with Gasteiger partial charge in [-0.1, -0.05) is 23.7 Å². The van der Waals surface area contributed by atoms with Crippen molar-refractivity contribution in [2.75, 3.05) is 18.5 Å². The average molecular weight is 534 g/mol. The van der Waals surface area contributed by atoms with Gasteiger partial charge in [0.15, 0.2) is 0 Å². The Morgan fingerprint density at radius 2 is 2.05 bits per heavy atom. The van der Waals surface area contributed by atoms with Gasteiger partial charge in [0.2, 0.25) is 5.91 Å². The Balaban J connectivity index is 1.36. The van der Waals surface area contributed by atoms with E-state index in [1.807, 2.05) is 49.4 Å². The van der Waals surface area contributed by atoms with Gasteiger partial charge >= 0.3 is 0 Å². The molecule has 0 radical (unpaired) electrons.